The summed E-state index contributed by atoms with van der Waals surface area (Å²) >= 11 is 0. The van der Waals surface area contributed by atoms with Crippen molar-refractivity contribution in [2.45, 2.75) is 19.4 Å². The largest absolute Gasteiger partial charge is 0.375 e. The molecule has 0 spiro atoms. The van der Waals surface area contributed by atoms with Crippen LogP contribution in [0.5, 0.6) is 0 Å². The van der Waals surface area contributed by atoms with E-state index in [1.54, 1.807) is 0 Å². The minimum absolute atomic E-state index is 0.0607. The smallest absolute Gasteiger partial charge is 0.245 e. The molecule has 1 aromatic rings. The third kappa shape index (κ3) is 4.83. The lowest BCUT2D eigenvalue weighted by molar-refractivity contribution is -0.125. The van der Waals surface area contributed by atoms with Crippen LogP contribution in [0.25, 0.3) is 0 Å². The van der Waals surface area contributed by atoms with Crippen molar-refractivity contribution >= 4 is 5.91 Å². The molecule has 118 valence electrons. The van der Waals surface area contributed by atoms with E-state index in [0.717, 1.165) is 43.6 Å². The fourth-order valence-corrected chi connectivity index (χ4v) is 2.91. The highest BCUT2D eigenvalue weighted by molar-refractivity contribution is 5.77. The number of carbonyl (C=O) groups is 1. The molecular formula is C17H23N3O2. The summed E-state index contributed by atoms with van der Waals surface area (Å²) < 4.78 is 4.82. The number of hydrogen-bond acceptors (Lipinski definition) is 4. The minimum atomic E-state index is -0.0607. The Morgan fingerprint density at radius 1 is 1.50 bits per heavy atom. The Kier molecular flexibility index (Phi) is 6.38. The summed E-state index contributed by atoms with van der Waals surface area (Å²) in [6, 6.07) is 10.0. The number of piperidine rings is 1. The van der Waals surface area contributed by atoms with Gasteiger partial charge in [-0.25, -0.2) is 0 Å². The van der Waals surface area contributed by atoms with E-state index in [-0.39, 0.29) is 12.5 Å². The fraction of sp³-hybridized carbons (Fsp3) is 0.529. The van der Waals surface area contributed by atoms with Gasteiger partial charge in [-0.2, -0.15) is 5.26 Å². The first-order valence-corrected chi connectivity index (χ1v) is 7.69. The molecule has 0 aromatic heterocycles. The van der Waals surface area contributed by atoms with Crippen molar-refractivity contribution in [2.75, 3.05) is 33.4 Å². The molecule has 1 aromatic carbocycles. The van der Waals surface area contributed by atoms with E-state index >= 15 is 0 Å². The lowest BCUT2D eigenvalue weighted by Gasteiger charge is -2.33. The number of hydrogen-bond donors (Lipinski definition) is 1. The van der Waals surface area contributed by atoms with Crippen molar-refractivity contribution in [1.29, 1.82) is 5.26 Å². The van der Waals surface area contributed by atoms with Crippen LogP contribution in [-0.4, -0.2) is 44.2 Å². The highest BCUT2D eigenvalue weighted by Gasteiger charge is 2.21. The molecule has 1 heterocycles. The van der Waals surface area contributed by atoms with Crippen molar-refractivity contribution in [3.05, 3.63) is 35.4 Å². The second-order valence-corrected chi connectivity index (χ2v) is 5.75. The van der Waals surface area contributed by atoms with E-state index in [4.69, 9.17) is 10.00 Å². The molecule has 22 heavy (non-hydrogen) atoms. The number of carbonyl (C=O) groups excluding carboxylic acids is 1. The molecule has 2 rings (SSSR count). The van der Waals surface area contributed by atoms with Gasteiger partial charge >= 0.3 is 0 Å². The van der Waals surface area contributed by atoms with Crippen molar-refractivity contribution in [1.82, 2.24) is 10.2 Å². The second-order valence-electron chi connectivity index (χ2n) is 5.75. The van der Waals surface area contributed by atoms with Gasteiger partial charge in [-0.15, -0.1) is 0 Å². The zero-order valence-electron chi connectivity index (χ0n) is 13.0. The van der Waals surface area contributed by atoms with E-state index in [1.807, 2.05) is 24.3 Å². The first-order chi connectivity index (χ1) is 10.7. The van der Waals surface area contributed by atoms with Crippen LogP contribution < -0.4 is 5.32 Å². The topological polar surface area (TPSA) is 65.4 Å². The van der Waals surface area contributed by atoms with Gasteiger partial charge in [0.25, 0.3) is 0 Å². The standard InChI is InChI=1S/C17H23N3O2/c1-22-13-17(21)19-10-14-5-4-8-20(11-14)12-16-7-3-2-6-15(16)9-18/h2-3,6-7,14H,4-5,8,10-13H2,1H3,(H,19,21)/t14-/m1/s1. The normalized spacial score (nSPS) is 18.6. The van der Waals surface area contributed by atoms with E-state index in [1.165, 1.54) is 7.11 Å². The summed E-state index contributed by atoms with van der Waals surface area (Å²) in [4.78, 5) is 13.8. The van der Waals surface area contributed by atoms with Gasteiger partial charge in [0.15, 0.2) is 0 Å². The number of rotatable bonds is 6. The molecule has 0 unspecified atom stereocenters. The van der Waals surface area contributed by atoms with E-state index in [2.05, 4.69) is 16.3 Å². The van der Waals surface area contributed by atoms with Crippen molar-refractivity contribution in [2.24, 2.45) is 5.92 Å². The van der Waals surface area contributed by atoms with Crippen molar-refractivity contribution in [3.63, 3.8) is 0 Å². The maximum atomic E-state index is 11.5. The average molecular weight is 301 g/mol. The minimum Gasteiger partial charge on any atom is -0.375 e. The Bertz CT molecular complexity index is 539. The number of nitrogens with one attached hydrogen (secondary N) is 1. The van der Waals surface area contributed by atoms with Crippen LogP contribution >= 0.6 is 0 Å². The molecule has 1 aliphatic rings. The first-order valence-electron chi connectivity index (χ1n) is 7.69. The highest BCUT2D eigenvalue weighted by Crippen LogP contribution is 2.19. The highest BCUT2D eigenvalue weighted by atomic mass is 16.5. The molecule has 1 aliphatic heterocycles. The van der Waals surface area contributed by atoms with Gasteiger partial charge in [-0.3, -0.25) is 9.69 Å². The van der Waals surface area contributed by atoms with Gasteiger partial charge in [-0.05, 0) is 36.9 Å². The number of nitrogens with zero attached hydrogens (tertiary/aromatic N) is 2. The Balaban J connectivity index is 1.85. The van der Waals surface area contributed by atoms with E-state index in [9.17, 15) is 4.79 Å². The zero-order valence-corrected chi connectivity index (χ0v) is 13.0. The molecule has 0 saturated carbocycles. The quantitative estimate of drug-likeness (QED) is 0.865. The number of benzene rings is 1. The number of amides is 1. The van der Waals surface area contributed by atoms with Gasteiger partial charge in [0.2, 0.25) is 5.91 Å². The number of ether oxygens (including phenoxy) is 1. The van der Waals surface area contributed by atoms with Crippen LogP contribution in [-0.2, 0) is 16.1 Å². The molecule has 5 heteroatoms. The molecule has 1 N–H and O–H groups in total. The molecule has 1 saturated heterocycles. The Hall–Kier alpha value is -1.90. The Labute approximate surface area is 131 Å². The van der Waals surface area contributed by atoms with Crippen molar-refractivity contribution < 1.29 is 9.53 Å². The first kappa shape index (κ1) is 16.5. The van der Waals surface area contributed by atoms with E-state index < -0.39 is 0 Å². The van der Waals surface area contributed by atoms with Gasteiger partial charge in [-0.1, -0.05) is 18.2 Å². The maximum Gasteiger partial charge on any atom is 0.245 e. The lowest BCUT2D eigenvalue weighted by atomic mass is 9.97. The molecule has 0 bridgehead atoms. The number of likely N-dealkylation sites (tertiary alicyclic amines) is 1. The summed E-state index contributed by atoms with van der Waals surface area (Å²) in [6.07, 6.45) is 2.25. The molecular weight excluding hydrogens is 278 g/mol. The van der Waals surface area contributed by atoms with Crippen LogP contribution in [0, 0.1) is 17.2 Å². The molecule has 1 atom stereocenters. The van der Waals surface area contributed by atoms with Crippen LogP contribution in [0.3, 0.4) is 0 Å². The molecule has 5 nitrogen and oxygen atoms in total. The molecule has 1 fully saturated rings. The monoisotopic (exact) mass is 301 g/mol. The van der Waals surface area contributed by atoms with Crippen LogP contribution in [0.2, 0.25) is 0 Å². The van der Waals surface area contributed by atoms with Gasteiger partial charge in [0, 0.05) is 26.7 Å². The maximum absolute atomic E-state index is 11.5. The van der Waals surface area contributed by atoms with E-state index in [0.29, 0.717) is 12.5 Å². The predicted octanol–water partition coefficient (Wildman–Crippen LogP) is 1.53. The molecule has 0 radical (unpaired) electrons. The van der Waals surface area contributed by atoms with Crippen LogP contribution in [0.15, 0.2) is 24.3 Å². The summed E-state index contributed by atoms with van der Waals surface area (Å²) in [6.45, 7) is 3.60. The van der Waals surface area contributed by atoms with Crippen LogP contribution in [0.1, 0.15) is 24.0 Å². The number of methoxy groups -OCH3 is 1. The number of nitriles is 1. The SMILES string of the molecule is COCC(=O)NC[C@H]1CCCN(Cc2ccccc2C#N)C1. The fourth-order valence-electron chi connectivity index (χ4n) is 2.91. The summed E-state index contributed by atoms with van der Waals surface area (Å²) in [5.41, 5.74) is 1.83. The Morgan fingerprint density at radius 3 is 3.09 bits per heavy atom. The summed E-state index contributed by atoms with van der Waals surface area (Å²) in [7, 11) is 1.52. The third-order valence-electron chi connectivity index (χ3n) is 4.00. The van der Waals surface area contributed by atoms with Gasteiger partial charge in [0.05, 0.1) is 11.6 Å². The van der Waals surface area contributed by atoms with Crippen LogP contribution in [0.4, 0.5) is 0 Å². The Morgan fingerprint density at radius 2 is 2.32 bits per heavy atom. The van der Waals surface area contributed by atoms with Gasteiger partial charge < -0.3 is 10.1 Å². The molecule has 0 aliphatic carbocycles. The van der Waals surface area contributed by atoms with Crippen molar-refractivity contribution in [3.8, 4) is 6.07 Å². The third-order valence-corrected chi connectivity index (χ3v) is 4.00. The molecule has 1 amide bonds. The average Bonchev–Trinajstić information content (AvgIpc) is 2.54. The second kappa shape index (κ2) is 8.52. The summed E-state index contributed by atoms with van der Waals surface area (Å²) in [5, 5.41) is 12.1. The summed E-state index contributed by atoms with van der Waals surface area (Å²) in [5.74, 6) is 0.401. The van der Waals surface area contributed by atoms with Gasteiger partial charge in [0.1, 0.15) is 6.61 Å². The zero-order chi connectivity index (χ0) is 15.8. The predicted molar refractivity (Wildman–Crippen MR) is 84.0 cm³/mol. The lowest BCUT2D eigenvalue weighted by Crippen LogP contribution is -2.41.